The highest BCUT2D eigenvalue weighted by molar-refractivity contribution is 5.78. The van der Waals surface area contributed by atoms with Crippen LogP contribution in [0, 0.1) is 11.8 Å². The monoisotopic (exact) mass is 344 g/mol. The zero-order valence-corrected chi connectivity index (χ0v) is 14.7. The fraction of sp³-hybridized carbons (Fsp3) is 0.737. The van der Waals surface area contributed by atoms with Gasteiger partial charge in [-0.25, -0.2) is 4.98 Å². The highest BCUT2D eigenvalue weighted by atomic mass is 16.2. The Balaban J connectivity index is 1.38. The van der Waals surface area contributed by atoms with E-state index in [4.69, 9.17) is 0 Å². The van der Waals surface area contributed by atoms with Gasteiger partial charge in [-0.1, -0.05) is 19.3 Å². The van der Waals surface area contributed by atoms with Crippen molar-refractivity contribution in [3.8, 4) is 0 Å². The number of hydrogen-bond donors (Lipinski definition) is 2. The number of nitrogens with one attached hydrogen (secondary N) is 2. The van der Waals surface area contributed by atoms with Gasteiger partial charge in [0.05, 0.1) is 12.7 Å². The lowest BCUT2D eigenvalue weighted by molar-refractivity contribution is -0.121. The minimum atomic E-state index is -0.223. The molecule has 2 aliphatic carbocycles. The van der Waals surface area contributed by atoms with Crippen LogP contribution in [0.15, 0.2) is 17.3 Å². The molecule has 1 aliphatic heterocycles. The molecule has 25 heavy (non-hydrogen) atoms. The molecule has 1 aromatic heterocycles. The second-order valence-electron chi connectivity index (χ2n) is 8.00. The number of carbonyl (C=O) groups is 1. The highest BCUT2D eigenvalue weighted by Crippen LogP contribution is 2.42. The molecule has 6 nitrogen and oxygen atoms in total. The second kappa shape index (κ2) is 7.28. The molecule has 0 aromatic carbocycles. The van der Waals surface area contributed by atoms with Crippen molar-refractivity contribution in [2.24, 2.45) is 11.8 Å². The highest BCUT2D eigenvalue weighted by Gasteiger charge is 2.44. The van der Waals surface area contributed by atoms with E-state index in [1.807, 2.05) is 0 Å². The first-order valence-electron chi connectivity index (χ1n) is 9.75. The fourth-order valence-electron chi connectivity index (χ4n) is 4.69. The van der Waals surface area contributed by atoms with Gasteiger partial charge in [-0.15, -0.1) is 0 Å². The van der Waals surface area contributed by atoms with Gasteiger partial charge < -0.3 is 10.3 Å². The van der Waals surface area contributed by atoms with E-state index in [0.717, 1.165) is 19.0 Å². The number of carbonyl (C=O) groups excluding carboxylic acids is 1. The predicted octanol–water partition coefficient (Wildman–Crippen LogP) is 1.47. The average molecular weight is 344 g/mol. The maximum absolute atomic E-state index is 12.5. The third-order valence-electron chi connectivity index (χ3n) is 6.20. The van der Waals surface area contributed by atoms with Crippen molar-refractivity contribution in [2.75, 3.05) is 13.1 Å². The lowest BCUT2D eigenvalue weighted by Gasteiger charge is -2.31. The van der Waals surface area contributed by atoms with Gasteiger partial charge >= 0.3 is 0 Å². The number of rotatable bonds is 5. The maximum atomic E-state index is 12.5. The number of amides is 1. The molecule has 6 heteroatoms. The Morgan fingerprint density at radius 2 is 2.00 bits per heavy atom. The smallest absolute Gasteiger partial charge is 0.254 e. The lowest BCUT2D eigenvalue weighted by Crippen LogP contribution is -2.43. The predicted molar refractivity (Wildman–Crippen MR) is 95.2 cm³/mol. The van der Waals surface area contributed by atoms with Crippen molar-refractivity contribution in [1.29, 1.82) is 0 Å². The van der Waals surface area contributed by atoms with E-state index in [9.17, 15) is 9.59 Å². The quantitative estimate of drug-likeness (QED) is 0.848. The van der Waals surface area contributed by atoms with E-state index in [0.29, 0.717) is 17.5 Å². The van der Waals surface area contributed by atoms with Crippen LogP contribution in [-0.2, 0) is 11.2 Å². The van der Waals surface area contributed by atoms with Crippen LogP contribution >= 0.6 is 0 Å². The zero-order chi connectivity index (χ0) is 17.2. The molecule has 136 valence electrons. The molecule has 2 N–H and O–H groups in total. The Kier molecular flexibility index (Phi) is 4.88. The number of aromatic nitrogens is 2. The third kappa shape index (κ3) is 3.94. The van der Waals surface area contributed by atoms with Crippen molar-refractivity contribution in [2.45, 2.75) is 63.5 Å². The Hall–Kier alpha value is -1.69. The molecule has 2 atom stereocenters. The molecule has 1 aromatic rings. The van der Waals surface area contributed by atoms with Crippen molar-refractivity contribution >= 4 is 5.91 Å². The van der Waals surface area contributed by atoms with E-state index < -0.39 is 0 Å². The molecule has 0 spiro atoms. The van der Waals surface area contributed by atoms with Gasteiger partial charge in [0.1, 0.15) is 0 Å². The van der Waals surface area contributed by atoms with Crippen LogP contribution in [0.4, 0.5) is 0 Å². The van der Waals surface area contributed by atoms with Crippen molar-refractivity contribution < 1.29 is 4.79 Å². The van der Waals surface area contributed by atoms with Gasteiger partial charge in [0, 0.05) is 36.9 Å². The lowest BCUT2D eigenvalue weighted by atomic mass is 9.94. The van der Waals surface area contributed by atoms with E-state index in [1.165, 1.54) is 57.5 Å². The van der Waals surface area contributed by atoms with Crippen LogP contribution in [0.2, 0.25) is 0 Å². The zero-order valence-electron chi connectivity index (χ0n) is 14.7. The first-order valence-corrected chi connectivity index (χ1v) is 9.75. The molecule has 3 fully saturated rings. The molecule has 0 unspecified atom stereocenters. The maximum Gasteiger partial charge on any atom is 0.254 e. The van der Waals surface area contributed by atoms with Gasteiger partial charge in [-0.3, -0.25) is 14.5 Å². The number of H-pyrrole nitrogens is 1. The Labute approximate surface area is 148 Å². The van der Waals surface area contributed by atoms with Crippen LogP contribution in [0.5, 0.6) is 0 Å². The molecule has 2 saturated carbocycles. The van der Waals surface area contributed by atoms with E-state index >= 15 is 0 Å². The van der Waals surface area contributed by atoms with Gasteiger partial charge in [0.2, 0.25) is 5.91 Å². The van der Waals surface area contributed by atoms with E-state index in [1.54, 1.807) is 0 Å². The Bertz CT molecular complexity index is 663. The molecule has 0 radical (unpaired) electrons. The van der Waals surface area contributed by atoms with Crippen LogP contribution in [0.25, 0.3) is 0 Å². The molecule has 4 rings (SSSR count). The van der Waals surface area contributed by atoms with Crippen LogP contribution < -0.4 is 10.9 Å². The summed E-state index contributed by atoms with van der Waals surface area (Å²) in [6.07, 6.45) is 12.2. The molecular weight excluding hydrogens is 316 g/mol. The summed E-state index contributed by atoms with van der Waals surface area (Å²) in [5.74, 6) is 1.30. The topological polar surface area (TPSA) is 78.1 Å². The van der Waals surface area contributed by atoms with Gasteiger partial charge in [0.25, 0.3) is 5.56 Å². The first kappa shape index (κ1) is 16.8. The van der Waals surface area contributed by atoms with E-state index in [2.05, 4.69) is 20.2 Å². The molecule has 1 amide bonds. The minimum Gasteiger partial charge on any atom is -0.351 e. The van der Waals surface area contributed by atoms with Crippen molar-refractivity contribution in [3.05, 3.63) is 28.4 Å². The number of aromatic amines is 1. The molecule has 3 aliphatic rings. The first-order chi connectivity index (χ1) is 12.2. The summed E-state index contributed by atoms with van der Waals surface area (Å²) in [6.45, 7) is 2.11. The normalized spacial score (nSPS) is 28.2. The number of nitrogens with zero attached hydrogens (tertiary/aromatic N) is 2. The molecular formula is C19H28N4O2. The van der Waals surface area contributed by atoms with Gasteiger partial charge in [-0.2, -0.15) is 0 Å². The summed E-state index contributed by atoms with van der Waals surface area (Å²) < 4.78 is 0. The van der Waals surface area contributed by atoms with Crippen LogP contribution in [0.1, 0.15) is 50.5 Å². The van der Waals surface area contributed by atoms with Crippen molar-refractivity contribution in [1.82, 2.24) is 20.2 Å². The SMILES string of the molecule is O=C(Cc1cnc[nH]c1=O)N[C@@H]1CN(C2CCCCC2)C[C@H]1C1CC1. The standard InChI is InChI=1S/C19H28N4O2/c24-18(8-14-9-20-12-21-19(14)25)22-17-11-23(10-16(17)13-6-7-13)15-4-2-1-3-5-15/h9,12-13,15-17H,1-8,10-11H2,(H,22,24)(H,20,21,25)/t16-,17+/m0/s1. The summed E-state index contributed by atoms with van der Waals surface area (Å²) in [4.78, 5) is 33.3. The van der Waals surface area contributed by atoms with Gasteiger partial charge in [-0.05, 0) is 37.5 Å². The Morgan fingerprint density at radius 3 is 2.72 bits per heavy atom. The largest absolute Gasteiger partial charge is 0.351 e. The molecule has 2 heterocycles. The summed E-state index contributed by atoms with van der Waals surface area (Å²) in [6, 6.07) is 0.941. The second-order valence-corrected chi connectivity index (χ2v) is 8.00. The fourth-order valence-corrected chi connectivity index (χ4v) is 4.69. The summed E-state index contributed by atoms with van der Waals surface area (Å²) in [5, 5.41) is 3.23. The van der Waals surface area contributed by atoms with Crippen LogP contribution in [0.3, 0.4) is 0 Å². The Morgan fingerprint density at radius 1 is 1.20 bits per heavy atom. The summed E-state index contributed by atoms with van der Waals surface area (Å²) >= 11 is 0. The minimum absolute atomic E-state index is 0.0559. The van der Waals surface area contributed by atoms with Gasteiger partial charge in [0.15, 0.2) is 0 Å². The molecule has 1 saturated heterocycles. The summed E-state index contributed by atoms with van der Waals surface area (Å²) in [5.41, 5.74) is 0.212. The van der Waals surface area contributed by atoms with Crippen molar-refractivity contribution in [3.63, 3.8) is 0 Å². The molecule has 0 bridgehead atoms. The number of hydrogen-bond acceptors (Lipinski definition) is 4. The van der Waals surface area contributed by atoms with Crippen LogP contribution in [-0.4, -0.2) is 45.9 Å². The summed E-state index contributed by atoms with van der Waals surface area (Å²) in [7, 11) is 0. The van der Waals surface area contributed by atoms with E-state index in [-0.39, 0.29) is 23.9 Å². The number of likely N-dealkylation sites (tertiary alicyclic amines) is 1. The third-order valence-corrected chi connectivity index (χ3v) is 6.20. The average Bonchev–Trinajstić information content (AvgIpc) is 3.39.